The van der Waals surface area contributed by atoms with E-state index in [-0.39, 0.29) is 23.6 Å². The fourth-order valence-corrected chi connectivity index (χ4v) is 3.89. The Morgan fingerprint density at radius 1 is 0.452 bits per heavy atom. The maximum Gasteiger partial charge on any atom is 0.221 e. The van der Waals surface area contributed by atoms with Gasteiger partial charge in [-0.15, -0.1) is 0 Å². The largest absolute Gasteiger partial charge is 0.355 e. The van der Waals surface area contributed by atoms with Gasteiger partial charge in [0, 0.05) is 123 Å². The van der Waals surface area contributed by atoms with Crippen LogP contribution in [0.4, 0.5) is 0 Å². The van der Waals surface area contributed by atoms with Crippen LogP contribution in [-0.2, 0) is 19.2 Å². The van der Waals surface area contributed by atoms with E-state index in [4.69, 9.17) is 0 Å². The summed E-state index contributed by atoms with van der Waals surface area (Å²) in [6.07, 6.45) is 1.30. The standard InChI is InChI=1S/C28H60N10O4/c1-24(2)32-16-17-36-28(42)9-21-38(20-8-27(41)35-15-12-31-5)23-22-37(18-6-25(39)33-13-10-29-3)19-7-26(40)34-14-11-30-4/h24,29-32H,6-23H2,1-5H3,(H,33,39)(H,34,40)(H,35,41)(H,36,42). The van der Waals surface area contributed by atoms with Gasteiger partial charge in [0.05, 0.1) is 0 Å². The van der Waals surface area contributed by atoms with E-state index < -0.39 is 0 Å². The van der Waals surface area contributed by atoms with Crippen molar-refractivity contribution in [3.8, 4) is 0 Å². The lowest BCUT2D eigenvalue weighted by Crippen LogP contribution is -2.42. The van der Waals surface area contributed by atoms with Crippen molar-refractivity contribution in [2.45, 2.75) is 45.6 Å². The van der Waals surface area contributed by atoms with E-state index in [1.807, 2.05) is 21.1 Å². The Bertz CT molecular complexity index is 701. The maximum absolute atomic E-state index is 12.5. The van der Waals surface area contributed by atoms with Crippen LogP contribution in [0.1, 0.15) is 39.5 Å². The number of nitrogens with zero attached hydrogens (tertiary/aromatic N) is 2. The molecule has 246 valence electrons. The summed E-state index contributed by atoms with van der Waals surface area (Å²) < 4.78 is 0. The van der Waals surface area contributed by atoms with Crippen molar-refractivity contribution in [1.82, 2.24) is 52.3 Å². The minimum absolute atomic E-state index is 0.0302. The van der Waals surface area contributed by atoms with Crippen LogP contribution in [0.25, 0.3) is 0 Å². The number of carbonyl (C=O) groups excluding carboxylic acids is 4. The van der Waals surface area contributed by atoms with Crippen molar-refractivity contribution in [3.05, 3.63) is 0 Å². The fraction of sp³-hybridized carbons (Fsp3) is 0.857. The molecule has 0 aromatic rings. The molecule has 0 fully saturated rings. The highest BCUT2D eigenvalue weighted by Gasteiger charge is 2.15. The third-order valence-corrected chi connectivity index (χ3v) is 6.44. The molecule has 0 spiro atoms. The lowest BCUT2D eigenvalue weighted by Gasteiger charge is -2.27. The Kier molecular flexibility index (Phi) is 25.9. The number of rotatable bonds is 28. The zero-order chi connectivity index (χ0) is 31.4. The van der Waals surface area contributed by atoms with Crippen LogP contribution in [0.2, 0.25) is 0 Å². The molecule has 0 atom stereocenters. The third kappa shape index (κ3) is 25.4. The van der Waals surface area contributed by atoms with E-state index in [2.05, 4.69) is 66.2 Å². The number of hydrogen-bond donors (Lipinski definition) is 8. The quantitative estimate of drug-likeness (QED) is 0.0441. The molecule has 0 bridgehead atoms. The first-order valence-corrected chi connectivity index (χ1v) is 15.4. The van der Waals surface area contributed by atoms with E-state index in [9.17, 15) is 19.2 Å². The summed E-state index contributed by atoms with van der Waals surface area (Å²) >= 11 is 0. The zero-order valence-corrected chi connectivity index (χ0v) is 26.8. The molecule has 4 amide bonds. The topological polar surface area (TPSA) is 171 Å². The second kappa shape index (κ2) is 27.5. The smallest absolute Gasteiger partial charge is 0.221 e. The first-order chi connectivity index (χ1) is 20.2. The SMILES string of the molecule is CNCCNC(=O)CCN(CCC(=O)NCCNC)CCN(CCC(=O)NCCNC)CCC(=O)NCCNC(C)C. The predicted molar refractivity (Wildman–Crippen MR) is 168 cm³/mol. The molecule has 0 aliphatic carbocycles. The molecule has 42 heavy (non-hydrogen) atoms. The van der Waals surface area contributed by atoms with Crippen molar-refractivity contribution in [1.29, 1.82) is 0 Å². The predicted octanol–water partition coefficient (Wildman–Crippen LogP) is -2.73. The maximum atomic E-state index is 12.5. The monoisotopic (exact) mass is 600 g/mol. The summed E-state index contributed by atoms with van der Waals surface area (Å²) in [6.45, 7) is 12.4. The van der Waals surface area contributed by atoms with Crippen molar-refractivity contribution in [3.63, 3.8) is 0 Å². The molecule has 14 nitrogen and oxygen atoms in total. The Morgan fingerprint density at radius 2 is 0.738 bits per heavy atom. The average Bonchev–Trinajstić information content (AvgIpc) is 2.96. The van der Waals surface area contributed by atoms with Crippen molar-refractivity contribution < 1.29 is 19.2 Å². The number of likely N-dealkylation sites (N-methyl/N-ethyl adjacent to an activating group) is 3. The Labute approximate surface area is 253 Å². The van der Waals surface area contributed by atoms with Gasteiger partial charge < -0.3 is 52.3 Å². The third-order valence-electron chi connectivity index (χ3n) is 6.44. The fourth-order valence-electron chi connectivity index (χ4n) is 3.89. The zero-order valence-electron chi connectivity index (χ0n) is 26.8. The van der Waals surface area contributed by atoms with Gasteiger partial charge in [-0.1, -0.05) is 13.8 Å². The molecule has 0 heterocycles. The molecule has 0 aliphatic heterocycles. The van der Waals surface area contributed by atoms with Gasteiger partial charge in [-0.05, 0) is 21.1 Å². The van der Waals surface area contributed by atoms with Gasteiger partial charge in [0.2, 0.25) is 23.6 Å². The number of nitrogens with one attached hydrogen (secondary N) is 8. The summed E-state index contributed by atoms with van der Waals surface area (Å²) in [7, 11) is 5.50. The van der Waals surface area contributed by atoms with Crippen LogP contribution >= 0.6 is 0 Å². The van der Waals surface area contributed by atoms with Crippen LogP contribution in [0.3, 0.4) is 0 Å². The summed E-state index contributed by atoms with van der Waals surface area (Å²) in [4.78, 5) is 53.6. The van der Waals surface area contributed by atoms with Crippen LogP contribution in [0.5, 0.6) is 0 Å². The molecule has 0 unspecified atom stereocenters. The number of hydrogen-bond acceptors (Lipinski definition) is 10. The first kappa shape index (κ1) is 39.6. The molecule has 0 rings (SSSR count). The molecule has 8 N–H and O–H groups in total. The van der Waals surface area contributed by atoms with E-state index in [1.54, 1.807) is 0 Å². The van der Waals surface area contributed by atoms with Crippen LogP contribution in [0.15, 0.2) is 0 Å². The van der Waals surface area contributed by atoms with Gasteiger partial charge in [-0.2, -0.15) is 0 Å². The molecule has 0 saturated carbocycles. The Morgan fingerprint density at radius 3 is 1.00 bits per heavy atom. The Hall–Kier alpha value is -2.36. The molecule has 0 saturated heterocycles. The number of amides is 4. The molecular formula is C28H60N10O4. The van der Waals surface area contributed by atoms with E-state index in [0.717, 1.165) is 0 Å². The molecule has 0 aromatic carbocycles. The van der Waals surface area contributed by atoms with E-state index >= 15 is 0 Å². The summed E-state index contributed by atoms with van der Waals surface area (Å²) in [5.41, 5.74) is 0. The number of carbonyl (C=O) groups is 4. The highest BCUT2D eigenvalue weighted by molar-refractivity contribution is 5.77. The molecule has 0 radical (unpaired) electrons. The highest BCUT2D eigenvalue weighted by atomic mass is 16.2. The van der Waals surface area contributed by atoms with Crippen LogP contribution < -0.4 is 42.5 Å². The highest BCUT2D eigenvalue weighted by Crippen LogP contribution is 2.01. The van der Waals surface area contributed by atoms with Crippen LogP contribution in [0, 0.1) is 0 Å². The summed E-state index contributed by atoms with van der Waals surface area (Å²) in [5, 5.41) is 23.9. The lowest BCUT2D eigenvalue weighted by molar-refractivity contribution is -0.123. The summed E-state index contributed by atoms with van der Waals surface area (Å²) in [6, 6.07) is 0.360. The van der Waals surface area contributed by atoms with Gasteiger partial charge in [-0.3, -0.25) is 19.2 Å². The lowest BCUT2D eigenvalue weighted by atomic mass is 10.2. The minimum atomic E-state index is -0.0348. The normalized spacial score (nSPS) is 11.2. The van der Waals surface area contributed by atoms with Gasteiger partial charge in [-0.25, -0.2) is 0 Å². The second-order valence-corrected chi connectivity index (χ2v) is 10.5. The second-order valence-electron chi connectivity index (χ2n) is 10.5. The van der Waals surface area contributed by atoms with Gasteiger partial charge in [0.1, 0.15) is 0 Å². The van der Waals surface area contributed by atoms with Crippen molar-refractivity contribution >= 4 is 23.6 Å². The van der Waals surface area contributed by atoms with Gasteiger partial charge >= 0.3 is 0 Å². The van der Waals surface area contributed by atoms with E-state index in [0.29, 0.717) is 123 Å². The first-order valence-electron chi connectivity index (χ1n) is 15.4. The van der Waals surface area contributed by atoms with Crippen molar-refractivity contribution in [2.75, 3.05) is 113 Å². The molecule has 0 aromatic heterocycles. The molecular weight excluding hydrogens is 540 g/mol. The van der Waals surface area contributed by atoms with Gasteiger partial charge in [0.25, 0.3) is 0 Å². The molecule has 14 heteroatoms. The minimum Gasteiger partial charge on any atom is -0.355 e. The molecule has 0 aliphatic rings. The van der Waals surface area contributed by atoms with Gasteiger partial charge in [0.15, 0.2) is 0 Å². The average molecular weight is 601 g/mol. The van der Waals surface area contributed by atoms with Crippen LogP contribution in [-0.4, -0.2) is 152 Å². The Balaban J connectivity index is 5.09. The van der Waals surface area contributed by atoms with Crippen molar-refractivity contribution in [2.24, 2.45) is 0 Å². The summed E-state index contributed by atoms with van der Waals surface area (Å²) in [5.74, 6) is -0.134. The van der Waals surface area contributed by atoms with E-state index in [1.165, 1.54) is 0 Å².